The molecule has 19 heavy (non-hydrogen) atoms. The molecule has 0 radical (unpaired) electrons. The van der Waals surface area contributed by atoms with Gasteiger partial charge < -0.3 is 10.4 Å². The van der Waals surface area contributed by atoms with Gasteiger partial charge in [-0.2, -0.15) is 0 Å². The van der Waals surface area contributed by atoms with Crippen LogP contribution in [-0.2, 0) is 11.2 Å². The predicted octanol–water partition coefficient (Wildman–Crippen LogP) is 2.43. The van der Waals surface area contributed by atoms with Crippen LogP contribution in [0.4, 0.5) is 0 Å². The van der Waals surface area contributed by atoms with Crippen molar-refractivity contribution in [3.8, 4) is 0 Å². The molecule has 3 heteroatoms. The van der Waals surface area contributed by atoms with Crippen LogP contribution >= 0.6 is 0 Å². The third-order valence-corrected chi connectivity index (χ3v) is 3.79. The number of benzene rings is 1. The maximum absolute atomic E-state index is 11.8. The van der Waals surface area contributed by atoms with Gasteiger partial charge in [0.15, 0.2) is 0 Å². The molecule has 0 spiro atoms. The molecular formula is C16H23NO2. The molecule has 1 aliphatic carbocycles. The summed E-state index contributed by atoms with van der Waals surface area (Å²) >= 11 is 0. The topological polar surface area (TPSA) is 49.3 Å². The van der Waals surface area contributed by atoms with Gasteiger partial charge in [0.25, 0.3) is 0 Å². The lowest BCUT2D eigenvalue weighted by Gasteiger charge is -2.28. The van der Waals surface area contributed by atoms with Crippen LogP contribution in [0.1, 0.15) is 44.1 Å². The van der Waals surface area contributed by atoms with Crippen LogP contribution in [0.25, 0.3) is 0 Å². The molecule has 0 heterocycles. The summed E-state index contributed by atoms with van der Waals surface area (Å²) in [6.07, 6.45) is 5.87. The average Bonchev–Trinajstić information content (AvgIpc) is 2.43. The van der Waals surface area contributed by atoms with Gasteiger partial charge in [-0.1, -0.05) is 43.2 Å². The first-order valence-corrected chi connectivity index (χ1v) is 7.27. The normalized spacial score (nSPS) is 23.0. The molecule has 1 amide bonds. The van der Waals surface area contributed by atoms with Gasteiger partial charge in [-0.05, 0) is 31.2 Å². The monoisotopic (exact) mass is 261 g/mol. The first-order valence-electron chi connectivity index (χ1n) is 7.27. The van der Waals surface area contributed by atoms with Crippen LogP contribution in [0.5, 0.6) is 0 Å². The van der Waals surface area contributed by atoms with Gasteiger partial charge >= 0.3 is 0 Å². The fraction of sp³-hybridized carbons (Fsp3) is 0.562. The molecule has 1 aromatic rings. The fourth-order valence-corrected chi connectivity index (χ4v) is 2.66. The Labute approximate surface area is 115 Å². The van der Waals surface area contributed by atoms with Crippen molar-refractivity contribution >= 4 is 5.91 Å². The lowest BCUT2D eigenvalue weighted by molar-refractivity contribution is -0.123. The molecule has 104 valence electrons. The van der Waals surface area contributed by atoms with Crippen LogP contribution in [0, 0.1) is 0 Å². The number of aliphatic hydroxyl groups is 1. The Kier molecular flexibility index (Phi) is 5.40. The standard InChI is InChI=1S/C16H23NO2/c18-15-11-5-4-10-14(15)17-16(19)12-6-9-13-7-2-1-3-8-13/h1-3,7-8,14-15,18H,4-6,9-12H2,(H,17,19). The van der Waals surface area contributed by atoms with E-state index in [1.54, 1.807) is 0 Å². The molecule has 0 saturated heterocycles. The number of aryl methyl sites for hydroxylation is 1. The molecule has 2 unspecified atom stereocenters. The van der Waals surface area contributed by atoms with Gasteiger partial charge in [0.2, 0.25) is 5.91 Å². The Hall–Kier alpha value is -1.35. The van der Waals surface area contributed by atoms with E-state index in [0.29, 0.717) is 6.42 Å². The minimum atomic E-state index is -0.355. The second-order valence-electron chi connectivity index (χ2n) is 5.36. The summed E-state index contributed by atoms with van der Waals surface area (Å²) in [6.45, 7) is 0. The Morgan fingerprint density at radius 2 is 1.95 bits per heavy atom. The lowest BCUT2D eigenvalue weighted by atomic mass is 9.92. The Morgan fingerprint density at radius 3 is 2.68 bits per heavy atom. The van der Waals surface area contributed by atoms with E-state index in [1.807, 2.05) is 18.2 Å². The van der Waals surface area contributed by atoms with E-state index < -0.39 is 0 Å². The maximum atomic E-state index is 11.8. The zero-order chi connectivity index (χ0) is 13.5. The Balaban J connectivity index is 1.67. The molecule has 3 nitrogen and oxygen atoms in total. The Morgan fingerprint density at radius 1 is 1.21 bits per heavy atom. The molecule has 1 aliphatic rings. The smallest absolute Gasteiger partial charge is 0.220 e. The number of rotatable bonds is 5. The molecule has 1 aromatic carbocycles. The number of hydrogen-bond acceptors (Lipinski definition) is 2. The maximum Gasteiger partial charge on any atom is 0.220 e. The van der Waals surface area contributed by atoms with Crippen molar-refractivity contribution in [2.75, 3.05) is 0 Å². The zero-order valence-electron chi connectivity index (χ0n) is 11.3. The largest absolute Gasteiger partial charge is 0.391 e. The summed E-state index contributed by atoms with van der Waals surface area (Å²) in [5.74, 6) is 0.0712. The summed E-state index contributed by atoms with van der Waals surface area (Å²) in [4.78, 5) is 11.8. The summed E-state index contributed by atoms with van der Waals surface area (Å²) in [5.41, 5.74) is 1.27. The second kappa shape index (κ2) is 7.29. The highest BCUT2D eigenvalue weighted by Crippen LogP contribution is 2.18. The van der Waals surface area contributed by atoms with E-state index in [0.717, 1.165) is 38.5 Å². The highest BCUT2D eigenvalue weighted by Gasteiger charge is 2.23. The lowest BCUT2D eigenvalue weighted by Crippen LogP contribution is -2.45. The Bertz CT molecular complexity index is 391. The van der Waals surface area contributed by atoms with Crippen LogP contribution in [0.2, 0.25) is 0 Å². The number of aliphatic hydroxyl groups excluding tert-OH is 1. The van der Waals surface area contributed by atoms with Gasteiger partial charge in [0.1, 0.15) is 0 Å². The van der Waals surface area contributed by atoms with E-state index in [9.17, 15) is 9.90 Å². The molecule has 1 saturated carbocycles. The first kappa shape index (κ1) is 14.1. The number of hydrogen-bond donors (Lipinski definition) is 2. The number of amides is 1. The van der Waals surface area contributed by atoms with E-state index in [1.165, 1.54) is 5.56 Å². The van der Waals surface area contributed by atoms with Gasteiger partial charge in [-0.25, -0.2) is 0 Å². The molecule has 2 atom stereocenters. The van der Waals surface area contributed by atoms with E-state index in [-0.39, 0.29) is 18.1 Å². The summed E-state index contributed by atoms with van der Waals surface area (Å²) in [5, 5.41) is 12.8. The van der Waals surface area contributed by atoms with Gasteiger partial charge in [-0.3, -0.25) is 4.79 Å². The summed E-state index contributed by atoms with van der Waals surface area (Å²) in [7, 11) is 0. The minimum Gasteiger partial charge on any atom is -0.391 e. The highest BCUT2D eigenvalue weighted by atomic mass is 16.3. The number of carbonyl (C=O) groups is 1. The van der Waals surface area contributed by atoms with Crippen LogP contribution in [0.15, 0.2) is 30.3 Å². The van der Waals surface area contributed by atoms with Crippen molar-refractivity contribution in [3.05, 3.63) is 35.9 Å². The van der Waals surface area contributed by atoms with Gasteiger partial charge in [-0.15, -0.1) is 0 Å². The van der Waals surface area contributed by atoms with E-state index in [2.05, 4.69) is 17.4 Å². The van der Waals surface area contributed by atoms with Gasteiger partial charge in [0.05, 0.1) is 12.1 Å². The van der Waals surface area contributed by atoms with Crippen molar-refractivity contribution in [3.63, 3.8) is 0 Å². The van der Waals surface area contributed by atoms with Crippen LogP contribution in [-0.4, -0.2) is 23.2 Å². The molecule has 2 N–H and O–H groups in total. The van der Waals surface area contributed by atoms with E-state index >= 15 is 0 Å². The molecule has 2 rings (SSSR count). The molecule has 0 aliphatic heterocycles. The van der Waals surface area contributed by atoms with E-state index in [4.69, 9.17) is 0 Å². The highest BCUT2D eigenvalue weighted by molar-refractivity contribution is 5.76. The average molecular weight is 261 g/mol. The quantitative estimate of drug-likeness (QED) is 0.855. The minimum absolute atomic E-state index is 0.0297. The third kappa shape index (κ3) is 4.67. The van der Waals surface area contributed by atoms with Crippen LogP contribution in [0.3, 0.4) is 0 Å². The summed E-state index contributed by atoms with van der Waals surface area (Å²) in [6, 6.07) is 10.2. The second-order valence-corrected chi connectivity index (χ2v) is 5.36. The molecular weight excluding hydrogens is 238 g/mol. The summed E-state index contributed by atoms with van der Waals surface area (Å²) < 4.78 is 0. The van der Waals surface area contributed by atoms with Crippen molar-refractivity contribution in [1.29, 1.82) is 0 Å². The SMILES string of the molecule is O=C(CCCc1ccccc1)NC1CCCCC1O. The van der Waals surface area contributed by atoms with Crippen molar-refractivity contribution in [2.45, 2.75) is 57.1 Å². The number of nitrogens with one attached hydrogen (secondary N) is 1. The van der Waals surface area contributed by atoms with Crippen molar-refractivity contribution in [1.82, 2.24) is 5.32 Å². The molecule has 1 fully saturated rings. The fourth-order valence-electron chi connectivity index (χ4n) is 2.66. The molecule has 0 bridgehead atoms. The molecule has 0 aromatic heterocycles. The van der Waals surface area contributed by atoms with Gasteiger partial charge in [0, 0.05) is 6.42 Å². The predicted molar refractivity (Wildman–Crippen MR) is 75.8 cm³/mol. The van der Waals surface area contributed by atoms with Crippen molar-refractivity contribution < 1.29 is 9.90 Å². The number of carbonyl (C=O) groups excluding carboxylic acids is 1. The zero-order valence-corrected chi connectivity index (χ0v) is 11.3. The van der Waals surface area contributed by atoms with Crippen LogP contribution < -0.4 is 5.32 Å². The third-order valence-electron chi connectivity index (χ3n) is 3.79. The van der Waals surface area contributed by atoms with Crippen molar-refractivity contribution in [2.24, 2.45) is 0 Å². The first-order chi connectivity index (χ1) is 9.25.